The van der Waals surface area contributed by atoms with Crippen LogP contribution in [0, 0.1) is 6.92 Å². The number of hydrogen-bond acceptors (Lipinski definition) is 6. The molecule has 4 rings (SSSR count). The number of ether oxygens (including phenoxy) is 1. The molecule has 0 radical (unpaired) electrons. The fraction of sp³-hybridized carbons (Fsp3) is 0.346. The summed E-state index contributed by atoms with van der Waals surface area (Å²) in [5.74, 6) is 0.491. The van der Waals surface area contributed by atoms with Crippen molar-refractivity contribution in [1.82, 2.24) is 4.90 Å². The van der Waals surface area contributed by atoms with Gasteiger partial charge in [0.05, 0.1) is 18.0 Å². The minimum Gasteiger partial charge on any atom is -0.497 e. The van der Waals surface area contributed by atoms with Gasteiger partial charge in [-0.1, -0.05) is 18.2 Å². The number of hydrogen-bond donors (Lipinski definition) is 1. The van der Waals surface area contributed by atoms with Gasteiger partial charge in [0.15, 0.2) is 0 Å². The van der Waals surface area contributed by atoms with E-state index in [0.29, 0.717) is 13.1 Å². The summed E-state index contributed by atoms with van der Waals surface area (Å²) in [6, 6.07) is 18.3. The van der Waals surface area contributed by atoms with Crippen molar-refractivity contribution in [2.75, 3.05) is 39.2 Å². The van der Waals surface area contributed by atoms with Crippen LogP contribution in [0.25, 0.3) is 0 Å². The van der Waals surface area contributed by atoms with E-state index in [1.165, 1.54) is 15.3 Å². The molecule has 3 aromatic rings. The Labute approximate surface area is 204 Å². The maximum Gasteiger partial charge on any atom is 0.257 e. The van der Waals surface area contributed by atoms with Crippen molar-refractivity contribution in [3.8, 4) is 5.75 Å². The molecule has 1 N–H and O–H groups in total. The number of aliphatic hydroxyl groups is 1. The average molecular weight is 483 g/mol. The van der Waals surface area contributed by atoms with Gasteiger partial charge >= 0.3 is 0 Å². The van der Waals surface area contributed by atoms with Crippen molar-refractivity contribution in [3.63, 3.8) is 0 Å². The Balaban J connectivity index is 1.72. The van der Waals surface area contributed by atoms with E-state index in [0.717, 1.165) is 28.3 Å². The number of nitrogens with zero attached hydrogens (tertiary/aromatic N) is 2. The van der Waals surface area contributed by atoms with Crippen LogP contribution < -0.4 is 9.64 Å². The molecule has 0 unspecified atom stereocenters. The summed E-state index contributed by atoms with van der Waals surface area (Å²) in [6.45, 7) is 3.36. The SMILES string of the molecule is COc1ccc([C@@H]2Sc3cc(Cc4ccc(C)s4)ccc3N(CCN(C)C)C(=O)[C@@H]2O)cc1. The molecule has 0 saturated carbocycles. The van der Waals surface area contributed by atoms with Crippen LogP contribution in [0.3, 0.4) is 0 Å². The normalized spacial score (nSPS) is 18.4. The minimum atomic E-state index is -1.14. The van der Waals surface area contributed by atoms with Crippen LogP contribution in [0.4, 0.5) is 5.69 Å². The highest BCUT2D eigenvalue weighted by molar-refractivity contribution is 7.99. The Kier molecular flexibility index (Phi) is 7.44. The van der Waals surface area contributed by atoms with Gasteiger partial charge in [-0.2, -0.15) is 0 Å². The molecule has 1 aliphatic heterocycles. The lowest BCUT2D eigenvalue weighted by molar-refractivity contribution is -0.126. The molecule has 2 heterocycles. The van der Waals surface area contributed by atoms with Crippen molar-refractivity contribution in [1.29, 1.82) is 0 Å². The van der Waals surface area contributed by atoms with Gasteiger partial charge in [-0.05, 0) is 68.5 Å². The Hall–Kier alpha value is -2.32. The number of likely N-dealkylation sites (N-methyl/N-ethyl adjacent to an activating group) is 1. The molecule has 1 aromatic heterocycles. The van der Waals surface area contributed by atoms with Gasteiger partial charge in [-0.25, -0.2) is 0 Å². The molecule has 2 atom stereocenters. The number of aryl methyl sites for hydroxylation is 1. The fourth-order valence-electron chi connectivity index (χ4n) is 3.95. The van der Waals surface area contributed by atoms with Gasteiger partial charge in [-0.15, -0.1) is 23.1 Å². The van der Waals surface area contributed by atoms with Crippen LogP contribution in [-0.2, 0) is 11.2 Å². The first-order valence-corrected chi connectivity index (χ1v) is 12.7. The first kappa shape index (κ1) is 23.8. The van der Waals surface area contributed by atoms with Crippen molar-refractivity contribution in [2.45, 2.75) is 29.6 Å². The van der Waals surface area contributed by atoms with Gasteiger partial charge in [0, 0.05) is 34.2 Å². The van der Waals surface area contributed by atoms with Crippen LogP contribution in [0.1, 0.15) is 26.1 Å². The summed E-state index contributed by atoms with van der Waals surface area (Å²) < 4.78 is 5.28. The number of rotatable bonds is 7. The van der Waals surface area contributed by atoms with Crippen LogP contribution in [0.5, 0.6) is 5.75 Å². The third kappa shape index (κ3) is 5.44. The zero-order valence-electron chi connectivity index (χ0n) is 19.4. The molecule has 7 heteroatoms. The van der Waals surface area contributed by atoms with Gasteiger partial charge in [0.2, 0.25) is 0 Å². The van der Waals surface area contributed by atoms with E-state index in [2.05, 4.69) is 31.2 Å². The summed E-state index contributed by atoms with van der Waals surface area (Å²) in [4.78, 5) is 20.9. The molecule has 0 aliphatic carbocycles. The Morgan fingerprint density at radius 2 is 1.85 bits per heavy atom. The standard InChI is InChI=1S/C26H30N2O3S2/c1-17-5-11-21(32-17)15-18-6-12-22-23(16-18)33-25(19-7-9-20(31-4)10-8-19)24(29)26(30)28(22)14-13-27(2)3/h5-12,16,24-25,29H,13-15H2,1-4H3/t24-,25+/m1/s1. The lowest BCUT2D eigenvalue weighted by atomic mass is 10.1. The Bertz CT molecular complexity index is 1110. The number of aliphatic hydroxyl groups excluding tert-OH is 1. The Morgan fingerprint density at radius 1 is 1.09 bits per heavy atom. The topological polar surface area (TPSA) is 53.0 Å². The second kappa shape index (κ2) is 10.3. The van der Waals surface area contributed by atoms with Crippen LogP contribution in [0.2, 0.25) is 0 Å². The van der Waals surface area contributed by atoms with E-state index in [4.69, 9.17) is 4.74 Å². The van der Waals surface area contributed by atoms with E-state index in [9.17, 15) is 9.90 Å². The molecule has 0 fully saturated rings. The van der Waals surface area contributed by atoms with E-state index >= 15 is 0 Å². The van der Waals surface area contributed by atoms with Crippen molar-refractivity contribution in [3.05, 3.63) is 75.5 Å². The number of benzene rings is 2. The summed E-state index contributed by atoms with van der Waals surface area (Å²) in [7, 11) is 5.60. The summed E-state index contributed by atoms with van der Waals surface area (Å²) >= 11 is 3.37. The second-order valence-electron chi connectivity index (χ2n) is 8.54. The minimum absolute atomic E-state index is 0.259. The zero-order chi connectivity index (χ0) is 23.5. The molecular weight excluding hydrogens is 452 g/mol. The maximum absolute atomic E-state index is 13.4. The number of amides is 1. The van der Waals surface area contributed by atoms with Crippen molar-refractivity contribution in [2.24, 2.45) is 0 Å². The quantitative estimate of drug-likeness (QED) is 0.526. The highest BCUT2D eigenvalue weighted by Gasteiger charge is 2.37. The molecule has 1 aliphatic rings. The molecule has 5 nitrogen and oxygen atoms in total. The molecule has 0 spiro atoms. The van der Waals surface area contributed by atoms with Gasteiger partial charge in [0.1, 0.15) is 11.9 Å². The summed E-state index contributed by atoms with van der Waals surface area (Å²) in [5.41, 5.74) is 2.97. The number of thioether (sulfide) groups is 1. The van der Waals surface area contributed by atoms with Crippen LogP contribution in [0.15, 0.2) is 59.5 Å². The van der Waals surface area contributed by atoms with Crippen LogP contribution >= 0.6 is 23.1 Å². The third-order valence-electron chi connectivity index (χ3n) is 5.76. The number of carbonyl (C=O) groups excluding carboxylic acids is 1. The highest BCUT2D eigenvalue weighted by Crippen LogP contribution is 2.46. The highest BCUT2D eigenvalue weighted by atomic mass is 32.2. The summed E-state index contributed by atoms with van der Waals surface area (Å²) in [5, 5.41) is 10.8. The first-order valence-electron chi connectivity index (χ1n) is 11.0. The zero-order valence-corrected chi connectivity index (χ0v) is 21.1. The maximum atomic E-state index is 13.4. The monoisotopic (exact) mass is 482 g/mol. The van der Waals surface area contributed by atoms with Gasteiger partial charge in [0.25, 0.3) is 5.91 Å². The lowest BCUT2D eigenvalue weighted by Gasteiger charge is -2.26. The number of methoxy groups -OCH3 is 1. The predicted molar refractivity (Wildman–Crippen MR) is 137 cm³/mol. The van der Waals surface area contributed by atoms with Crippen LogP contribution in [-0.4, -0.2) is 56.3 Å². The van der Waals surface area contributed by atoms with E-state index in [-0.39, 0.29) is 5.91 Å². The summed E-state index contributed by atoms with van der Waals surface area (Å²) in [6.07, 6.45) is -0.283. The number of fused-ring (bicyclic) bond motifs is 1. The average Bonchev–Trinajstić information content (AvgIpc) is 3.18. The van der Waals surface area contributed by atoms with E-state index in [1.54, 1.807) is 23.8 Å². The third-order valence-corrected chi connectivity index (χ3v) is 8.13. The van der Waals surface area contributed by atoms with E-state index < -0.39 is 11.4 Å². The molecule has 33 heavy (non-hydrogen) atoms. The predicted octanol–water partition coefficient (Wildman–Crippen LogP) is 4.76. The van der Waals surface area contributed by atoms with E-state index in [1.807, 2.05) is 60.7 Å². The lowest BCUT2D eigenvalue weighted by Crippen LogP contribution is -2.43. The molecule has 2 aromatic carbocycles. The number of thiophene rings is 1. The van der Waals surface area contributed by atoms with Crippen molar-refractivity contribution >= 4 is 34.7 Å². The second-order valence-corrected chi connectivity index (χ2v) is 11.1. The first-order chi connectivity index (χ1) is 15.9. The molecular formula is C26H30N2O3S2. The molecule has 0 bridgehead atoms. The molecule has 1 amide bonds. The van der Waals surface area contributed by atoms with Gasteiger partial charge in [-0.3, -0.25) is 4.79 Å². The molecule has 0 saturated heterocycles. The number of anilines is 1. The smallest absolute Gasteiger partial charge is 0.257 e. The fourth-order valence-corrected chi connectivity index (χ4v) is 6.21. The number of carbonyl (C=O) groups is 1. The van der Waals surface area contributed by atoms with Crippen molar-refractivity contribution < 1.29 is 14.6 Å². The largest absolute Gasteiger partial charge is 0.497 e. The molecule has 174 valence electrons. The Morgan fingerprint density at radius 3 is 2.48 bits per heavy atom. The van der Waals surface area contributed by atoms with Gasteiger partial charge < -0.3 is 19.6 Å².